The van der Waals surface area contributed by atoms with Crippen LogP contribution in [0.15, 0.2) is 24.3 Å². The average molecular weight is 362 g/mol. The molecule has 0 radical (unpaired) electrons. The van der Waals surface area contributed by atoms with Gasteiger partial charge in [0.15, 0.2) is 0 Å². The van der Waals surface area contributed by atoms with Crippen LogP contribution in [0.4, 0.5) is 0 Å². The van der Waals surface area contributed by atoms with Crippen LogP contribution in [0.5, 0.6) is 0 Å². The summed E-state index contributed by atoms with van der Waals surface area (Å²) in [6.45, 7) is 1.80. The van der Waals surface area contributed by atoms with E-state index in [2.05, 4.69) is 27.9 Å². The molecule has 1 amide bonds. The number of carbonyl (C=O) groups is 1. The van der Waals surface area contributed by atoms with Gasteiger partial charge >= 0.3 is 0 Å². The zero-order valence-electron chi connectivity index (χ0n) is 14.7. The summed E-state index contributed by atoms with van der Waals surface area (Å²) in [5, 5.41) is 0.782. The molecule has 2 N–H and O–H groups in total. The summed E-state index contributed by atoms with van der Waals surface area (Å²) in [6.07, 6.45) is 8.08. The first kappa shape index (κ1) is 17.3. The molecule has 3 fully saturated rings. The molecule has 3 atom stereocenters. The van der Waals surface area contributed by atoms with Crippen LogP contribution in [-0.2, 0) is 4.79 Å². The van der Waals surface area contributed by atoms with Crippen molar-refractivity contribution in [2.45, 2.75) is 62.9 Å². The Morgan fingerprint density at radius 3 is 2.76 bits per heavy atom. The van der Waals surface area contributed by atoms with Crippen molar-refractivity contribution < 1.29 is 4.79 Å². The molecule has 0 spiro atoms. The normalized spacial score (nSPS) is 30.8. The van der Waals surface area contributed by atoms with Gasteiger partial charge in [-0.25, -0.2) is 0 Å². The maximum absolute atomic E-state index is 13.1. The Morgan fingerprint density at radius 1 is 1.12 bits per heavy atom. The predicted octanol–water partition coefficient (Wildman–Crippen LogP) is 3.47. The lowest BCUT2D eigenvalue weighted by molar-refractivity contribution is -0.138. The number of hydrogen-bond donors (Lipinski definition) is 2. The molecule has 4 rings (SSSR count). The number of amides is 1. The van der Waals surface area contributed by atoms with Crippen LogP contribution in [0.1, 0.15) is 56.4 Å². The Bertz CT molecular complexity index is 617. The van der Waals surface area contributed by atoms with Crippen molar-refractivity contribution in [3.05, 3.63) is 34.9 Å². The second kappa shape index (κ2) is 7.65. The number of nitrogens with zero attached hydrogens (tertiary/aromatic N) is 1. The first-order valence-corrected chi connectivity index (χ1v) is 10.2. The molecule has 1 aliphatic carbocycles. The van der Waals surface area contributed by atoms with E-state index >= 15 is 0 Å². The van der Waals surface area contributed by atoms with Gasteiger partial charge in [0.2, 0.25) is 5.91 Å². The van der Waals surface area contributed by atoms with Crippen LogP contribution in [0.2, 0.25) is 5.02 Å². The van der Waals surface area contributed by atoms with Crippen LogP contribution in [-0.4, -0.2) is 36.0 Å². The third-order valence-corrected chi connectivity index (χ3v) is 6.49. The van der Waals surface area contributed by atoms with Crippen molar-refractivity contribution in [1.82, 2.24) is 15.8 Å². The predicted molar refractivity (Wildman–Crippen MR) is 100 cm³/mol. The van der Waals surface area contributed by atoms with Crippen LogP contribution in [0, 0.1) is 5.92 Å². The zero-order valence-corrected chi connectivity index (χ0v) is 15.5. The first-order valence-electron chi connectivity index (χ1n) is 9.78. The molecule has 2 aliphatic heterocycles. The number of hydrazine groups is 1. The summed E-state index contributed by atoms with van der Waals surface area (Å²) in [5.41, 5.74) is 8.05. The highest BCUT2D eigenvalue weighted by Gasteiger charge is 2.42. The number of halogens is 1. The van der Waals surface area contributed by atoms with Crippen LogP contribution in [0.25, 0.3) is 0 Å². The number of rotatable bonds is 3. The van der Waals surface area contributed by atoms with Gasteiger partial charge in [-0.1, -0.05) is 43.0 Å². The Labute approximate surface area is 155 Å². The van der Waals surface area contributed by atoms with Gasteiger partial charge in [-0.15, -0.1) is 0 Å². The van der Waals surface area contributed by atoms with Crippen molar-refractivity contribution >= 4 is 17.5 Å². The molecule has 0 aromatic heterocycles. The second-order valence-corrected chi connectivity index (χ2v) is 8.23. The molecule has 3 unspecified atom stereocenters. The molecule has 0 bridgehead atoms. The Balaban J connectivity index is 1.51. The van der Waals surface area contributed by atoms with Crippen molar-refractivity contribution in [1.29, 1.82) is 0 Å². The maximum atomic E-state index is 13.1. The highest BCUT2D eigenvalue weighted by molar-refractivity contribution is 6.30. The number of hydrogen-bond acceptors (Lipinski definition) is 3. The largest absolute Gasteiger partial charge is 0.338 e. The van der Waals surface area contributed by atoms with Crippen LogP contribution in [0.3, 0.4) is 0 Å². The molecule has 4 nitrogen and oxygen atoms in total. The minimum atomic E-state index is 0.258. The fourth-order valence-corrected chi connectivity index (χ4v) is 5.16. The first-order chi connectivity index (χ1) is 12.2. The van der Waals surface area contributed by atoms with E-state index in [1.807, 2.05) is 12.1 Å². The quantitative estimate of drug-likeness (QED) is 0.866. The highest BCUT2D eigenvalue weighted by atomic mass is 35.5. The summed E-state index contributed by atoms with van der Waals surface area (Å²) < 4.78 is 0. The molecule has 25 heavy (non-hydrogen) atoms. The summed E-state index contributed by atoms with van der Waals surface area (Å²) in [5.74, 6) is 1.01. The lowest BCUT2D eigenvalue weighted by atomic mass is 9.85. The minimum absolute atomic E-state index is 0.258. The summed E-state index contributed by atoms with van der Waals surface area (Å²) in [6, 6.07) is 8.70. The van der Waals surface area contributed by atoms with Crippen molar-refractivity contribution in [2.75, 3.05) is 13.1 Å². The second-order valence-electron chi connectivity index (χ2n) is 7.79. The molecular weight excluding hydrogens is 334 g/mol. The van der Waals surface area contributed by atoms with Crippen molar-refractivity contribution in [3.8, 4) is 0 Å². The highest BCUT2D eigenvalue weighted by Crippen LogP contribution is 2.34. The molecule has 1 saturated carbocycles. The lowest BCUT2D eigenvalue weighted by Crippen LogP contribution is -2.51. The number of likely N-dealkylation sites (tertiary alicyclic amines) is 1. The third-order valence-electron chi connectivity index (χ3n) is 6.25. The zero-order chi connectivity index (χ0) is 17.2. The number of benzene rings is 1. The van der Waals surface area contributed by atoms with E-state index in [9.17, 15) is 4.79 Å². The lowest BCUT2D eigenvalue weighted by Gasteiger charge is -2.35. The van der Waals surface area contributed by atoms with Crippen molar-refractivity contribution in [3.63, 3.8) is 0 Å². The SMILES string of the molecule is O=C(C1CCCCC1)N1CCCC1C1NNCC1c1cccc(Cl)c1. The molecule has 2 saturated heterocycles. The molecule has 136 valence electrons. The Kier molecular flexibility index (Phi) is 5.30. The van der Waals surface area contributed by atoms with Gasteiger partial charge < -0.3 is 4.90 Å². The third kappa shape index (κ3) is 3.57. The Hall–Kier alpha value is -1.10. The van der Waals surface area contributed by atoms with Gasteiger partial charge in [0.05, 0.1) is 0 Å². The molecular formula is C20H28ClN3O. The number of carbonyl (C=O) groups excluding carboxylic acids is 1. The fourth-order valence-electron chi connectivity index (χ4n) is 4.96. The smallest absolute Gasteiger partial charge is 0.225 e. The molecule has 1 aromatic rings. The van der Waals surface area contributed by atoms with Gasteiger partial charge in [0.25, 0.3) is 0 Å². The number of nitrogens with one attached hydrogen (secondary N) is 2. The van der Waals surface area contributed by atoms with Crippen LogP contribution >= 0.6 is 11.6 Å². The van der Waals surface area contributed by atoms with E-state index in [1.165, 1.54) is 24.8 Å². The summed E-state index contributed by atoms with van der Waals surface area (Å²) in [7, 11) is 0. The standard InChI is InChI=1S/C20H28ClN3O/c21-16-9-4-8-15(12-16)17-13-22-23-19(17)18-10-5-11-24(18)20(25)14-6-2-1-3-7-14/h4,8-9,12,14,17-19,22-23H,1-3,5-7,10-11,13H2. The van der Waals surface area contributed by atoms with Crippen molar-refractivity contribution in [2.24, 2.45) is 5.92 Å². The van der Waals surface area contributed by atoms with E-state index in [1.54, 1.807) is 0 Å². The van der Waals surface area contributed by atoms with Gasteiger partial charge in [-0.2, -0.15) is 0 Å². The monoisotopic (exact) mass is 361 g/mol. The maximum Gasteiger partial charge on any atom is 0.225 e. The molecule has 3 aliphatic rings. The molecule has 5 heteroatoms. The van der Waals surface area contributed by atoms with Gasteiger partial charge in [0, 0.05) is 42.0 Å². The van der Waals surface area contributed by atoms with Crippen LogP contribution < -0.4 is 10.9 Å². The van der Waals surface area contributed by atoms with E-state index in [0.29, 0.717) is 11.8 Å². The van der Waals surface area contributed by atoms with Gasteiger partial charge in [-0.05, 0) is 43.4 Å². The summed E-state index contributed by atoms with van der Waals surface area (Å²) in [4.78, 5) is 15.3. The Morgan fingerprint density at radius 2 is 1.96 bits per heavy atom. The van der Waals surface area contributed by atoms with E-state index in [-0.39, 0.29) is 18.0 Å². The molecule has 1 aromatic carbocycles. The average Bonchev–Trinajstić information content (AvgIpc) is 3.30. The molecule has 2 heterocycles. The van der Waals surface area contributed by atoms with E-state index in [4.69, 9.17) is 11.6 Å². The summed E-state index contributed by atoms with van der Waals surface area (Å²) >= 11 is 6.21. The van der Waals surface area contributed by atoms with E-state index in [0.717, 1.165) is 43.8 Å². The van der Waals surface area contributed by atoms with Gasteiger partial charge in [-0.3, -0.25) is 15.6 Å². The topological polar surface area (TPSA) is 44.4 Å². The minimum Gasteiger partial charge on any atom is -0.338 e. The van der Waals surface area contributed by atoms with Gasteiger partial charge in [0.1, 0.15) is 0 Å². The van der Waals surface area contributed by atoms with E-state index < -0.39 is 0 Å². The fraction of sp³-hybridized carbons (Fsp3) is 0.650.